The SMILES string of the molecule is COc1ccc(S(=O)(=O)N(C)CC(=O)N[C@H](C)CC(C)(C)c2ccccc2)cc1. The fourth-order valence-corrected chi connectivity index (χ4v) is 4.49. The van der Waals surface area contributed by atoms with Crippen molar-refractivity contribution in [3.05, 3.63) is 60.2 Å². The van der Waals surface area contributed by atoms with Crippen LogP contribution in [0.3, 0.4) is 0 Å². The van der Waals surface area contributed by atoms with E-state index in [-0.39, 0.29) is 28.8 Å². The molecule has 0 aromatic heterocycles. The lowest BCUT2D eigenvalue weighted by atomic mass is 9.79. The molecule has 2 aromatic carbocycles. The van der Waals surface area contributed by atoms with Gasteiger partial charge in [-0.25, -0.2) is 8.42 Å². The highest BCUT2D eigenvalue weighted by molar-refractivity contribution is 7.89. The van der Waals surface area contributed by atoms with E-state index in [0.29, 0.717) is 5.75 Å². The van der Waals surface area contributed by atoms with Crippen LogP contribution in [-0.2, 0) is 20.2 Å². The van der Waals surface area contributed by atoms with Gasteiger partial charge in [0.05, 0.1) is 18.6 Å². The second-order valence-electron chi connectivity index (χ2n) is 7.86. The standard InChI is InChI=1S/C22H30N2O4S/c1-17(15-22(2,3)18-9-7-6-8-10-18)23-21(25)16-24(4)29(26,27)20-13-11-19(28-5)12-14-20/h6-14,17H,15-16H2,1-5H3,(H,23,25)/t17-/m1/s1. The number of nitrogens with zero attached hydrogens (tertiary/aromatic N) is 1. The van der Waals surface area contributed by atoms with Crippen molar-refractivity contribution in [2.75, 3.05) is 20.7 Å². The summed E-state index contributed by atoms with van der Waals surface area (Å²) in [5.74, 6) is 0.236. The number of carbonyl (C=O) groups is 1. The summed E-state index contributed by atoms with van der Waals surface area (Å²) in [7, 11) is -0.841. The molecule has 1 atom stereocenters. The van der Waals surface area contributed by atoms with Crippen LogP contribution in [0.4, 0.5) is 0 Å². The maximum atomic E-state index is 12.7. The Balaban J connectivity index is 1.96. The molecule has 29 heavy (non-hydrogen) atoms. The lowest BCUT2D eigenvalue weighted by Gasteiger charge is -2.29. The van der Waals surface area contributed by atoms with Gasteiger partial charge in [-0.3, -0.25) is 4.79 Å². The Labute approximate surface area is 173 Å². The number of nitrogens with one attached hydrogen (secondary N) is 1. The van der Waals surface area contributed by atoms with Gasteiger partial charge in [-0.05, 0) is 48.6 Å². The van der Waals surface area contributed by atoms with Crippen molar-refractivity contribution in [3.8, 4) is 5.75 Å². The molecule has 2 rings (SSSR count). The first-order valence-electron chi connectivity index (χ1n) is 9.51. The minimum absolute atomic E-state index is 0.102. The Bertz CT molecular complexity index is 910. The van der Waals surface area contributed by atoms with Crippen LogP contribution in [-0.4, -0.2) is 45.4 Å². The van der Waals surface area contributed by atoms with Gasteiger partial charge < -0.3 is 10.1 Å². The van der Waals surface area contributed by atoms with Gasteiger partial charge in [0.2, 0.25) is 15.9 Å². The second kappa shape index (κ2) is 9.41. The maximum absolute atomic E-state index is 12.7. The van der Waals surface area contributed by atoms with Crippen molar-refractivity contribution < 1.29 is 17.9 Å². The zero-order valence-corrected chi connectivity index (χ0v) is 18.5. The number of rotatable bonds is 9. The molecule has 6 nitrogen and oxygen atoms in total. The Hall–Kier alpha value is -2.38. The highest BCUT2D eigenvalue weighted by Gasteiger charge is 2.26. The molecule has 2 aromatic rings. The topological polar surface area (TPSA) is 75.7 Å². The molecular weight excluding hydrogens is 388 g/mol. The second-order valence-corrected chi connectivity index (χ2v) is 9.90. The van der Waals surface area contributed by atoms with E-state index in [4.69, 9.17) is 4.74 Å². The van der Waals surface area contributed by atoms with E-state index in [1.807, 2.05) is 25.1 Å². The molecule has 0 saturated carbocycles. The van der Waals surface area contributed by atoms with Crippen LogP contribution in [0.5, 0.6) is 5.75 Å². The molecule has 0 heterocycles. The molecule has 1 amide bonds. The summed E-state index contributed by atoms with van der Waals surface area (Å²) in [6.07, 6.45) is 0.734. The van der Waals surface area contributed by atoms with Crippen LogP contribution in [0.2, 0.25) is 0 Å². The van der Waals surface area contributed by atoms with Crippen molar-refractivity contribution in [1.29, 1.82) is 0 Å². The van der Waals surface area contributed by atoms with E-state index < -0.39 is 10.0 Å². The number of ether oxygens (including phenoxy) is 1. The van der Waals surface area contributed by atoms with E-state index >= 15 is 0 Å². The normalized spacial score (nSPS) is 13.2. The van der Waals surface area contributed by atoms with Gasteiger partial charge in [-0.15, -0.1) is 0 Å². The van der Waals surface area contributed by atoms with Crippen LogP contribution in [0.25, 0.3) is 0 Å². The van der Waals surface area contributed by atoms with Gasteiger partial charge in [0.15, 0.2) is 0 Å². The summed E-state index contributed by atoms with van der Waals surface area (Å²) < 4.78 is 31.4. The summed E-state index contributed by atoms with van der Waals surface area (Å²) >= 11 is 0. The third kappa shape index (κ3) is 6.05. The van der Waals surface area contributed by atoms with Crippen LogP contribution in [0.1, 0.15) is 32.8 Å². The minimum Gasteiger partial charge on any atom is -0.497 e. The third-order valence-corrected chi connectivity index (χ3v) is 6.73. The van der Waals surface area contributed by atoms with Crippen LogP contribution in [0, 0.1) is 0 Å². The Morgan fingerprint density at radius 3 is 2.24 bits per heavy atom. The molecule has 0 spiro atoms. The summed E-state index contributed by atoms with van der Waals surface area (Å²) in [5, 5.41) is 2.91. The van der Waals surface area contributed by atoms with E-state index in [9.17, 15) is 13.2 Å². The van der Waals surface area contributed by atoms with Crippen molar-refractivity contribution in [2.24, 2.45) is 0 Å². The molecule has 0 radical (unpaired) electrons. The molecule has 0 aliphatic carbocycles. The summed E-state index contributed by atoms with van der Waals surface area (Å²) in [6.45, 7) is 5.95. The highest BCUT2D eigenvalue weighted by Crippen LogP contribution is 2.28. The number of sulfonamides is 1. The molecule has 7 heteroatoms. The molecule has 0 fully saturated rings. The summed E-state index contributed by atoms with van der Waals surface area (Å²) in [5.41, 5.74) is 1.08. The molecule has 0 aliphatic heterocycles. The van der Waals surface area contributed by atoms with Crippen LogP contribution in [0.15, 0.2) is 59.5 Å². The van der Waals surface area contributed by atoms with Gasteiger partial charge in [-0.1, -0.05) is 44.2 Å². The van der Waals surface area contributed by atoms with E-state index in [1.54, 1.807) is 12.1 Å². The zero-order chi connectivity index (χ0) is 21.7. The summed E-state index contributed by atoms with van der Waals surface area (Å²) in [6, 6.07) is 16.1. The molecular formula is C22H30N2O4S. The van der Waals surface area contributed by atoms with Gasteiger partial charge in [0, 0.05) is 13.1 Å². The lowest BCUT2D eigenvalue weighted by molar-refractivity contribution is -0.121. The first-order chi connectivity index (χ1) is 13.6. The highest BCUT2D eigenvalue weighted by atomic mass is 32.2. The number of benzene rings is 2. The third-order valence-electron chi connectivity index (χ3n) is 4.91. The van der Waals surface area contributed by atoms with Crippen molar-refractivity contribution in [1.82, 2.24) is 9.62 Å². The number of hydrogen-bond acceptors (Lipinski definition) is 4. The Morgan fingerprint density at radius 2 is 1.69 bits per heavy atom. The van der Waals surface area contributed by atoms with Gasteiger partial charge in [-0.2, -0.15) is 4.31 Å². The first kappa shape index (κ1) is 22.9. The van der Waals surface area contributed by atoms with E-state index in [0.717, 1.165) is 10.7 Å². The van der Waals surface area contributed by atoms with E-state index in [2.05, 4.69) is 31.3 Å². The fraction of sp³-hybridized carbons (Fsp3) is 0.409. The van der Waals surface area contributed by atoms with Crippen molar-refractivity contribution >= 4 is 15.9 Å². The number of carbonyl (C=O) groups excluding carboxylic acids is 1. The van der Waals surface area contributed by atoms with Gasteiger partial charge in [0.25, 0.3) is 0 Å². The molecule has 0 bridgehead atoms. The number of likely N-dealkylation sites (N-methyl/N-ethyl adjacent to an activating group) is 1. The molecule has 0 unspecified atom stereocenters. The average Bonchev–Trinajstić information content (AvgIpc) is 2.68. The maximum Gasteiger partial charge on any atom is 0.243 e. The van der Waals surface area contributed by atoms with Gasteiger partial charge in [0.1, 0.15) is 5.75 Å². The molecule has 0 aliphatic rings. The Kier molecular flexibility index (Phi) is 7.43. The average molecular weight is 419 g/mol. The van der Waals surface area contributed by atoms with Crippen molar-refractivity contribution in [2.45, 2.75) is 43.5 Å². The largest absolute Gasteiger partial charge is 0.497 e. The number of amides is 1. The first-order valence-corrected chi connectivity index (χ1v) is 11.0. The Morgan fingerprint density at radius 1 is 1.10 bits per heavy atom. The van der Waals surface area contributed by atoms with E-state index in [1.165, 1.54) is 31.9 Å². The molecule has 158 valence electrons. The monoisotopic (exact) mass is 418 g/mol. The minimum atomic E-state index is -3.76. The van der Waals surface area contributed by atoms with Crippen LogP contribution < -0.4 is 10.1 Å². The van der Waals surface area contributed by atoms with Crippen LogP contribution >= 0.6 is 0 Å². The fourth-order valence-electron chi connectivity index (χ4n) is 3.36. The van der Waals surface area contributed by atoms with Gasteiger partial charge >= 0.3 is 0 Å². The predicted octanol–water partition coefficient (Wildman–Crippen LogP) is 3.19. The lowest BCUT2D eigenvalue weighted by Crippen LogP contribution is -2.43. The zero-order valence-electron chi connectivity index (χ0n) is 17.7. The predicted molar refractivity (Wildman–Crippen MR) is 114 cm³/mol. The smallest absolute Gasteiger partial charge is 0.243 e. The molecule has 1 N–H and O–H groups in total. The van der Waals surface area contributed by atoms with Crippen molar-refractivity contribution in [3.63, 3.8) is 0 Å². The molecule has 0 saturated heterocycles. The summed E-state index contributed by atoms with van der Waals surface area (Å²) in [4.78, 5) is 12.5. The number of methoxy groups -OCH3 is 1. The number of hydrogen-bond donors (Lipinski definition) is 1. The quantitative estimate of drug-likeness (QED) is 0.679.